The van der Waals surface area contributed by atoms with Crippen LogP contribution in [0.25, 0.3) is 0 Å². The Bertz CT molecular complexity index is 723. The van der Waals surface area contributed by atoms with Crippen molar-refractivity contribution in [3.8, 4) is 5.75 Å². The average molecular weight is 375 g/mol. The van der Waals surface area contributed by atoms with Crippen LogP contribution < -0.4 is 10.1 Å². The third-order valence-electron chi connectivity index (χ3n) is 4.63. The second kappa shape index (κ2) is 8.62. The largest absolute Gasteiger partial charge is 0.497 e. The molecule has 0 spiro atoms. The van der Waals surface area contributed by atoms with E-state index in [-0.39, 0.29) is 12.5 Å². The zero-order valence-corrected chi connectivity index (χ0v) is 15.8. The van der Waals surface area contributed by atoms with Gasteiger partial charge >= 0.3 is 0 Å². The van der Waals surface area contributed by atoms with E-state index < -0.39 is 5.60 Å². The Kier molecular flexibility index (Phi) is 6.24. The number of amides is 1. The van der Waals surface area contributed by atoms with E-state index >= 15 is 0 Å². The van der Waals surface area contributed by atoms with Crippen LogP contribution in [0.5, 0.6) is 5.75 Å². The van der Waals surface area contributed by atoms with Gasteiger partial charge in [-0.25, -0.2) is 4.98 Å². The van der Waals surface area contributed by atoms with Crippen LogP contribution in [0.15, 0.2) is 35.8 Å². The molecule has 2 aromatic rings. The Hall–Kier alpha value is -1.96. The van der Waals surface area contributed by atoms with Gasteiger partial charge in [-0.05, 0) is 30.5 Å². The zero-order chi connectivity index (χ0) is 18.4. The predicted octanol–water partition coefficient (Wildman–Crippen LogP) is 1.84. The van der Waals surface area contributed by atoms with Crippen molar-refractivity contribution in [2.75, 3.05) is 26.7 Å². The average Bonchev–Trinajstić information content (AvgIpc) is 3.17. The highest BCUT2D eigenvalue weighted by molar-refractivity contribution is 7.09. The van der Waals surface area contributed by atoms with Gasteiger partial charge in [0, 0.05) is 44.2 Å². The van der Waals surface area contributed by atoms with Crippen LogP contribution in [-0.4, -0.2) is 53.2 Å². The smallest absolute Gasteiger partial charge is 0.256 e. The maximum atomic E-state index is 12.8. The van der Waals surface area contributed by atoms with Gasteiger partial charge in [0.2, 0.25) is 0 Å². The number of methoxy groups -OCH3 is 1. The van der Waals surface area contributed by atoms with E-state index in [1.807, 2.05) is 29.6 Å². The minimum Gasteiger partial charge on any atom is -0.497 e. The van der Waals surface area contributed by atoms with Crippen molar-refractivity contribution in [3.63, 3.8) is 0 Å². The van der Waals surface area contributed by atoms with Crippen LogP contribution >= 0.6 is 11.3 Å². The molecule has 2 N–H and O–H groups in total. The molecule has 1 aliphatic heterocycles. The molecule has 3 rings (SSSR count). The summed E-state index contributed by atoms with van der Waals surface area (Å²) >= 11 is 1.61. The van der Waals surface area contributed by atoms with Gasteiger partial charge in [0.1, 0.15) is 5.75 Å². The van der Waals surface area contributed by atoms with Crippen molar-refractivity contribution in [1.29, 1.82) is 0 Å². The van der Waals surface area contributed by atoms with E-state index in [1.54, 1.807) is 29.5 Å². The van der Waals surface area contributed by atoms with E-state index in [9.17, 15) is 9.90 Å². The third-order valence-corrected chi connectivity index (χ3v) is 5.47. The number of hydrogen-bond acceptors (Lipinski definition) is 6. The summed E-state index contributed by atoms with van der Waals surface area (Å²) in [6.07, 6.45) is 3.87. The zero-order valence-electron chi connectivity index (χ0n) is 15.0. The van der Waals surface area contributed by atoms with Gasteiger partial charge in [0.25, 0.3) is 5.91 Å². The first-order chi connectivity index (χ1) is 12.6. The number of benzene rings is 1. The summed E-state index contributed by atoms with van der Waals surface area (Å²) in [5.41, 5.74) is -0.335. The predicted molar refractivity (Wildman–Crippen MR) is 101 cm³/mol. The normalized spacial score (nSPS) is 20.4. The van der Waals surface area contributed by atoms with Crippen molar-refractivity contribution in [1.82, 2.24) is 15.2 Å². The van der Waals surface area contributed by atoms with Crippen molar-refractivity contribution >= 4 is 17.2 Å². The number of thiazole rings is 1. The van der Waals surface area contributed by atoms with Gasteiger partial charge in [-0.1, -0.05) is 12.1 Å². The van der Waals surface area contributed by atoms with Gasteiger partial charge in [0.15, 0.2) is 5.60 Å². The highest BCUT2D eigenvalue weighted by Crippen LogP contribution is 2.24. The molecule has 0 unspecified atom stereocenters. The first-order valence-corrected chi connectivity index (χ1v) is 9.72. The van der Waals surface area contributed by atoms with Crippen LogP contribution in [0.4, 0.5) is 0 Å². The number of nitrogens with zero attached hydrogens (tertiary/aromatic N) is 2. The first kappa shape index (κ1) is 18.8. The molecule has 26 heavy (non-hydrogen) atoms. The van der Waals surface area contributed by atoms with Crippen LogP contribution in [0.1, 0.15) is 23.4 Å². The van der Waals surface area contributed by atoms with E-state index in [1.165, 1.54) is 0 Å². The number of nitrogens with one attached hydrogen (secondary N) is 1. The number of ether oxygens (including phenoxy) is 1. The third kappa shape index (κ3) is 4.60. The Morgan fingerprint density at radius 1 is 1.46 bits per heavy atom. The maximum absolute atomic E-state index is 12.8. The van der Waals surface area contributed by atoms with Crippen LogP contribution in [0, 0.1) is 0 Å². The molecular weight excluding hydrogens is 350 g/mol. The minimum absolute atomic E-state index is 0.201. The molecule has 140 valence electrons. The van der Waals surface area contributed by atoms with E-state index in [4.69, 9.17) is 4.74 Å². The number of carbonyl (C=O) groups excluding carboxylic acids is 1. The lowest BCUT2D eigenvalue weighted by atomic mass is 9.91. The van der Waals surface area contributed by atoms with Crippen LogP contribution in [0.2, 0.25) is 0 Å². The quantitative estimate of drug-likeness (QED) is 0.689. The number of aromatic nitrogens is 1. The molecule has 1 aliphatic rings. The molecule has 0 bridgehead atoms. The Balaban J connectivity index is 1.55. The summed E-state index contributed by atoms with van der Waals surface area (Å²) in [6, 6.07) is 7.68. The van der Waals surface area contributed by atoms with Gasteiger partial charge in [-0.3, -0.25) is 4.79 Å². The molecule has 1 fully saturated rings. The van der Waals surface area contributed by atoms with Crippen molar-refractivity contribution in [2.24, 2.45) is 0 Å². The lowest BCUT2D eigenvalue weighted by Gasteiger charge is -2.38. The fourth-order valence-corrected chi connectivity index (χ4v) is 3.86. The molecule has 2 heterocycles. The molecule has 0 saturated carbocycles. The van der Waals surface area contributed by atoms with Gasteiger partial charge in [-0.2, -0.15) is 0 Å². The minimum atomic E-state index is -1.33. The second-order valence-corrected chi connectivity index (χ2v) is 7.55. The van der Waals surface area contributed by atoms with Gasteiger partial charge < -0.3 is 20.1 Å². The summed E-state index contributed by atoms with van der Waals surface area (Å²) < 4.78 is 5.24. The Morgan fingerprint density at radius 3 is 3.12 bits per heavy atom. The molecule has 7 heteroatoms. The van der Waals surface area contributed by atoms with Gasteiger partial charge in [0.05, 0.1) is 12.1 Å². The summed E-state index contributed by atoms with van der Waals surface area (Å²) in [5, 5.41) is 17.1. The van der Waals surface area contributed by atoms with Crippen LogP contribution in [0.3, 0.4) is 0 Å². The summed E-state index contributed by atoms with van der Waals surface area (Å²) in [7, 11) is 1.63. The molecule has 1 aromatic heterocycles. The number of carbonyl (C=O) groups is 1. The second-order valence-electron chi connectivity index (χ2n) is 6.57. The molecule has 1 aromatic carbocycles. The number of hydrogen-bond donors (Lipinski definition) is 2. The summed E-state index contributed by atoms with van der Waals surface area (Å²) in [4.78, 5) is 18.8. The molecule has 0 radical (unpaired) electrons. The first-order valence-electron chi connectivity index (χ1n) is 8.84. The number of likely N-dealkylation sites (tertiary alicyclic amines) is 1. The lowest BCUT2D eigenvalue weighted by molar-refractivity contribution is -0.157. The van der Waals surface area contributed by atoms with Crippen LogP contribution in [-0.2, 0) is 17.8 Å². The molecule has 1 saturated heterocycles. The highest BCUT2D eigenvalue weighted by Gasteiger charge is 2.41. The van der Waals surface area contributed by atoms with E-state index in [0.717, 1.165) is 29.2 Å². The molecule has 0 aliphatic carbocycles. The topological polar surface area (TPSA) is 74.7 Å². The molecule has 6 nitrogen and oxygen atoms in total. The SMILES string of the molecule is COc1cccc(CN2CCC[C@@](O)(CNCCc3nccs3)C2=O)c1. The molecular formula is C19H25N3O3S. The Labute approximate surface area is 157 Å². The maximum Gasteiger partial charge on any atom is 0.256 e. The van der Waals surface area contributed by atoms with Crippen molar-refractivity contribution in [2.45, 2.75) is 31.4 Å². The van der Waals surface area contributed by atoms with Gasteiger partial charge in [-0.15, -0.1) is 11.3 Å². The fraction of sp³-hybridized carbons (Fsp3) is 0.474. The van der Waals surface area contributed by atoms with Crippen molar-refractivity contribution < 1.29 is 14.6 Å². The summed E-state index contributed by atoms with van der Waals surface area (Å²) in [5.74, 6) is 0.569. The lowest BCUT2D eigenvalue weighted by Crippen LogP contribution is -2.57. The number of piperidine rings is 1. The Morgan fingerprint density at radius 2 is 2.35 bits per heavy atom. The van der Waals surface area contributed by atoms with E-state index in [0.29, 0.717) is 26.1 Å². The summed E-state index contributed by atoms with van der Waals surface area (Å²) in [6.45, 7) is 2.11. The standard InChI is InChI=1S/C19H25N3O3S/c1-25-16-5-2-4-15(12-16)13-22-10-3-7-19(24,18(22)23)14-20-8-6-17-21-9-11-26-17/h2,4-5,9,11-12,20,24H,3,6-8,10,13-14H2,1H3/t19-/m1/s1. The monoisotopic (exact) mass is 375 g/mol. The molecule has 1 atom stereocenters. The number of rotatable bonds is 8. The van der Waals surface area contributed by atoms with E-state index in [2.05, 4.69) is 10.3 Å². The van der Waals surface area contributed by atoms with Crippen molar-refractivity contribution in [3.05, 3.63) is 46.4 Å². The number of aliphatic hydroxyl groups is 1. The molecule has 1 amide bonds. The highest BCUT2D eigenvalue weighted by atomic mass is 32.1. The fourth-order valence-electron chi connectivity index (χ4n) is 3.24.